The Morgan fingerprint density at radius 3 is 3.00 bits per heavy atom. The van der Waals surface area contributed by atoms with Crippen molar-refractivity contribution in [2.45, 2.75) is 25.7 Å². The van der Waals surface area contributed by atoms with Gasteiger partial charge in [0.25, 0.3) is 0 Å². The molecule has 2 unspecified atom stereocenters. The molecular formula is C11H14O. The Kier molecular flexibility index (Phi) is 1.50. The van der Waals surface area contributed by atoms with Crippen LogP contribution < -0.4 is 0 Å². The van der Waals surface area contributed by atoms with E-state index in [2.05, 4.69) is 13.2 Å². The van der Waals surface area contributed by atoms with Gasteiger partial charge in [-0.1, -0.05) is 18.2 Å². The van der Waals surface area contributed by atoms with Crippen LogP contribution in [0.3, 0.4) is 0 Å². The van der Waals surface area contributed by atoms with Crippen molar-refractivity contribution in [3.63, 3.8) is 0 Å². The van der Waals surface area contributed by atoms with Crippen molar-refractivity contribution in [1.82, 2.24) is 0 Å². The number of fused-ring (bicyclic) bond motifs is 2. The van der Waals surface area contributed by atoms with Gasteiger partial charge < -0.3 is 0 Å². The molecule has 2 aliphatic rings. The van der Waals surface area contributed by atoms with Gasteiger partial charge in [-0.2, -0.15) is 0 Å². The van der Waals surface area contributed by atoms with Crippen LogP contribution in [0.4, 0.5) is 0 Å². The summed E-state index contributed by atoms with van der Waals surface area (Å²) in [6, 6.07) is 0. The zero-order valence-electron chi connectivity index (χ0n) is 7.31. The standard InChI is InChI=1S/C11H14O/c1-3-11-5-4-10(12)9(7-11)6-8(11)2/h3,9H,1-2,4-7H2. The highest BCUT2D eigenvalue weighted by Gasteiger charge is 2.46. The molecule has 2 aliphatic carbocycles. The molecule has 2 saturated carbocycles. The van der Waals surface area contributed by atoms with E-state index in [1.807, 2.05) is 6.08 Å². The maximum atomic E-state index is 11.4. The number of hydrogen-bond acceptors (Lipinski definition) is 1. The summed E-state index contributed by atoms with van der Waals surface area (Å²) >= 11 is 0. The summed E-state index contributed by atoms with van der Waals surface area (Å²) in [7, 11) is 0. The van der Waals surface area contributed by atoms with E-state index in [0.717, 1.165) is 25.7 Å². The molecule has 2 bridgehead atoms. The molecule has 0 saturated heterocycles. The van der Waals surface area contributed by atoms with Crippen LogP contribution >= 0.6 is 0 Å². The first-order valence-corrected chi connectivity index (χ1v) is 4.52. The molecule has 0 aromatic heterocycles. The zero-order valence-corrected chi connectivity index (χ0v) is 7.31. The van der Waals surface area contributed by atoms with E-state index in [9.17, 15) is 4.79 Å². The Hall–Kier alpha value is -0.850. The quantitative estimate of drug-likeness (QED) is 0.541. The van der Waals surface area contributed by atoms with Crippen molar-refractivity contribution in [1.29, 1.82) is 0 Å². The van der Waals surface area contributed by atoms with Gasteiger partial charge in [0, 0.05) is 17.8 Å². The number of hydrogen-bond donors (Lipinski definition) is 0. The first-order chi connectivity index (χ1) is 5.68. The smallest absolute Gasteiger partial charge is 0.136 e. The summed E-state index contributed by atoms with van der Waals surface area (Å²) in [6.07, 6.45) is 5.57. The first-order valence-electron chi connectivity index (χ1n) is 4.52. The van der Waals surface area contributed by atoms with Crippen LogP contribution in [0, 0.1) is 11.3 Å². The van der Waals surface area contributed by atoms with Gasteiger partial charge in [-0.25, -0.2) is 0 Å². The highest BCUT2D eigenvalue weighted by atomic mass is 16.1. The molecule has 0 spiro atoms. The number of Topliss-reactive ketones (excluding diaryl/α,β-unsaturated/α-hetero) is 1. The summed E-state index contributed by atoms with van der Waals surface area (Å²) in [5, 5.41) is 0. The van der Waals surface area contributed by atoms with Crippen LogP contribution in [-0.2, 0) is 4.79 Å². The molecule has 1 heteroatoms. The number of ketones is 1. The lowest BCUT2D eigenvalue weighted by Gasteiger charge is -2.29. The molecule has 0 aromatic carbocycles. The van der Waals surface area contributed by atoms with Crippen LogP contribution in [0.5, 0.6) is 0 Å². The van der Waals surface area contributed by atoms with Crippen molar-refractivity contribution in [3.8, 4) is 0 Å². The number of carbonyl (C=O) groups is 1. The number of rotatable bonds is 1. The van der Waals surface area contributed by atoms with Crippen LogP contribution in [0.15, 0.2) is 24.8 Å². The number of carbonyl (C=O) groups excluding carboxylic acids is 1. The topological polar surface area (TPSA) is 17.1 Å². The second-order valence-electron chi connectivity index (χ2n) is 4.04. The summed E-state index contributed by atoms with van der Waals surface area (Å²) in [5.74, 6) is 0.704. The molecule has 12 heavy (non-hydrogen) atoms. The third kappa shape index (κ3) is 0.825. The molecule has 2 atom stereocenters. The van der Waals surface area contributed by atoms with Gasteiger partial charge in [0.1, 0.15) is 5.78 Å². The monoisotopic (exact) mass is 162 g/mol. The second kappa shape index (κ2) is 2.32. The predicted octanol–water partition coefficient (Wildman–Crippen LogP) is 2.49. The Labute approximate surface area is 73.2 Å². The van der Waals surface area contributed by atoms with Crippen LogP contribution in [0.1, 0.15) is 25.7 Å². The predicted molar refractivity (Wildman–Crippen MR) is 48.7 cm³/mol. The van der Waals surface area contributed by atoms with Crippen LogP contribution in [0.2, 0.25) is 0 Å². The average Bonchev–Trinajstić information content (AvgIpc) is 2.35. The SMILES string of the molecule is C=CC12CCC(=O)C(CC1=C)C2. The average molecular weight is 162 g/mol. The van der Waals surface area contributed by atoms with E-state index in [-0.39, 0.29) is 11.3 Å². The number of allylic oxidation sites excluding steroid dienone is 2. The Bertz CT molecular complexity index is 264. The summed E-state index contributed by atoms with van der Waals surface area (Å²) in [6.45, 7) is 7.91. The van der Waals surface area contributed by atoms with E-state index >= 15 is 0 Å². The lowest BCUT2D eigenvalue weighted by Crippen LogP contribution is -2.24. The minimum Gasteiger partial charge on any atom is -0.299 e. The van der Waals surface area contributed by atoms with E-state index in [4.69, 9.17) is 0 Å². The van der Waals surface area contributed by atoms with E-state index in [1.165, 1.54) is 5.57 Å². The first kappa shape index (κ1) is 7.78. The molecule has 0 amide bonds. The molecule has 0 N–H and O–H groups in total. The van der Waals surface area contributed by atoms with Crippen molar-refractivity contribution >= 4 is 5.78 Å². The van der Waals surface area contributed by atoms with Gasteiger partial charge in [-0.15, -0.1) is 6.58 Å². The maximum absolute atomic E-state index is 11.4. The summed E-state index contributed by atoms with van der Waals surface area (Å²) in [5.41, 5.74) is 1.35. The molecule has 64 valence electrons. The summed E-state index contributed by atoms with van der Waals surface area (Å²) in [4.78, 5) is 11.4. The van der Waals surface area contributed by atoms with Gasteiger partial charge in [0.2, 0.25) is 0 Å². The Morgan fingerprint density at radius 1 is 1.58 bits per heavy atom. The highest BCUT2D eigenvalue weighted by molar-refractivity contribution is 5.83. The van der Waals surface area contributed by atoms with Gasteiger partial charge in [0.05, 0.1) is 0 Å². The highest BCUT2D eigenvalue weighted by Crippen LogP contribution is 2.53. The normalized spacial score (nSPS) is 40.2. The van der Waals surface area contributed by atoms with Crippen molar-refractivity contribution in [2.24, 2.45) is 11.3 Å². The largest absolute Gasteiger partial charge is 0.299 e. The molecule has 0 aliphatic heterocycles. The van der Waals surface area contributed by atoms with Crippen LogP contribution in [0.25, 0.3) is 0 Å². The van der Waals surface area contributed by atoms with Gasteiger partial charge in [-0.05, 0) is 19.3 Å². The van der Waals surface area contributed by atoms with Crippen molar-refractivity contribution in [3.05, 3.63) is 24.8 Å². The Morgan fingerprint density at radius 2 is 2.33 bits per heavy atom. The van der Waals surface area contributed by atoms with Crippen molar-refractivity contribution < 1.29 is 4.79 Å². The molecule has 0 aromatic rings. The molecule has 0 heterocycles. The van der Waals surface area contributed by atoms with Gasteiger partial charge in [0.15, 0.2) is 0 Å². The third-order valence-corrected chi connectivity index (χ3v) is 3.47. The third-order valence-electron chi connectivity index (χ3n) is 3.47. The second-order valence-corrected chi connectivity index (χ2v) is 4.04. The molecular weight excluding hydrogens is 148 g/mol. The van der Waals surface area contributed by atoms with Gasteiger partial charge in [-0.3, -0.25) is 4.79 Å². The lowest BCUT2D eigenvalue weighted by atomic mass is 9.74. The van der Waals surface area contributed by atoms with E-state index < -0.39 is 0 Å². The zero-order chi connectivity index (χ0) is 8.77. The fourth-order valence-electron chi connectivity index (χ4n) is 2.54. The van der Waals surface area contributed by atoms with Crippen molar-refractivity contribution in [2.75, 3.05) is 0 Å². The van der Waals surface area contributed by atoms with Crippen LogP contribution in [-0.4, -0.2) is 5.78 Å². The Balaban J connectivity index is 2.35. The van der Waals surface area contributed by atoms with Gasteiger partial charge >= 0.3 is 0 Å². The summed E-state index contributed by atoms with van der Waals surface area (Å²) < 4.78 is 0. The van der Waals surface area contributed by atoms with E-state index in [0.29, 0.717) is 5.78 Å². The fraction of sp³-hybridized carbons (Fsp3) is 0.545. The maximum Gasteiger partial charge on any atom is 0.136 e. The molecule has 1 nitrogen and oxygen atoms in total. The minimum absolute atomic E-state index is 0.124. The molecule has 0 radical (unpaired) electrons. The van der Waals surface area contributed by atoms with E-state index in [1.54, 1.807) is 0 Å². The molecule has 2 rings (SSSR count). The lowest BCUT2D eigenvalue weighted by molar-refractivity contribution is -0.124. The fourth-order valence-corrected chi connectivity index (χ4v) is 2.54. The minimum atomic E-state index is 0.124. The molecule has 2 fully saturated rings.